The van der Waals surface area contributed by atoms with Gasteiger partial charge in [0.15, 0.2) is 0 Å². The molecule has 0 amide bonds. The van der Waals surface area contributed by atoms with E-state index in [4.69, 9.17) is 0 Å². The fraction of sp³-hybridized carbons (Fsp3) is 0.538. The first kappa shape index (κ1) is 10.5. The van der Waals surface area contributed by atoms with Crippen LogP contribution in [0.3, 0.4) is 0 Å². The minimum absolute atomic E-state index is 0.521. The van der Waals surface area contributed by atoms with Crippen LogP contribution in [0.2, 0.25) is 0 Å². The van der Waals surface area contributed by atoms with Crippen LogP contribution in [-0.2, 0) is 0 Å². The van der Waals surface area contributed by atoms with Crippen molar-refractivity contribution in [2.24, 2.45) is 0 Å². The summed E-state index contributed by atoms with van der Waals surface area (Å²) in [7, 11) is 0. The number of nitrogens with zero attached hydrogens (tertiary/aromatic N) is 2. The van der Waals surface area contributed by atoms with E-state index in [1.54, 1.807) is 0 Å². The molecule has 1 aromatic carbocycles. The molecule has 2 nitrogen and oxygen atoms in total. The molecule has 1 fully saturated rings. The van der Waals surface area contributed by atoms with Gasteiger partial charge in [-0.1, -0.05) is 18.2 Å². The minimum atomic E-state index is 0.521. The Morgan fingerprint density at radius 1 is 1.13 bits per heavy atom. The molecule has 1 saturated heterocycles. The van der Waals surface area contributed by atoms with Crippen LogP contribution in [-0.4, -0.2) is 30.2 Å². The smallest absolute Gasteiger partial charge is 0.0795 e. The van der Waals surface area contributed by atoms with E-state index in [9.17, 15) is 0 Å². The van der Waals surface area contributed by atoms with Crippen LogP contribution in [0.5, 0.6) is 0 Å². The van der Waals surface area contributed by atoms with Crippen molar-refractivity contribution < 1.29 is 0 Å². The van der Waals surface area contributed by atoms with E-state index >= 15 is 0 Å². The third-order valence-corrected chi connectivity index (χ3v) is 3.28. The Morgan fingerprint density at radius 2 is 1.80 bits per heavy atom. The first-order chi connectivity index (χ1) is 7.20. The molecule has 0 bridgehead atoms. The lowest BCUT2D eigenvalue weighted by Crippen LogP contribution is -2.39. The van der Waals surface area contributed by atoms with Gasteiger partial charge in [-0.05, 0) is 32.9 Å². The van der Waals surface area contributed by atoms with Crippen molar-refractivity contribution in [1.29, 1.82) is 0 Å². The predicted octanol–water partition coefficient (Wildman–Crippen LogP) is 2.56. The Labute approximate surface area is 92.5 Å². The van der Waals surface area contributed by atoms with Gasteiger partial charge in [0.2, 0.25) is 0 Å². The Bertz CT molecular complexity index is 308. The molecule has 15 heavy (non-hydrogen) atoms. The molecule has 2 heteroatoms. The van der Waals surface area contributed by atoms with Gasteiger partial charge in [-0.3, -0.25) is 4.90 Å². The van der Waals surface area contributed by atoms with Crippen molar-refractivity contribution in [1.82, 2.24) is 4.90 Å². The third kappa shape index (κ3) is 2.00. The highest BCUT2D eigenvalue weighted by Crippen LogP contribution is 2.24. The summed E-state index contributed by atoms with van der Waals surface area (Å²) >= 11 is 0. The van der Waals surface area contributed by atoms with Crippen molar-refractivity contribution >= 4 is 5.69 Å². The van der Waals surface area contributed by atoms with Gasteiger partial charge in [-0.25, -0.2) is 0 Å². The molecule has 0 N–H and O–H groups in total. The zero-order chi connectivity index (χ0) is 10.8. The molecule has 1 aliphatic rings. The van der Waals surface area contributed by atoms with Crippen LogP contribution in [0, 0.1) is 0 Å². The summed E-state index contributed by atoms with van der Waals surface area (Å²) in [6, 6.07) is 11.3. The molecule has 1 aliphatic heterocycles. The summed E-state index contributed by atoms with van der Waals surface area (Å²) in [6.07, 6.45) is 0.521. The molecule has 0 aliphatic carbocycles. The molecular formula is C13H20N2. The van der Waals surface area contributed by atoms with Crippen molar-refractivity contribution in [3.63, 3.8) is 0 Å². The van der Waals surface area contributed by atoms with Gasteiger partial charge in [-0.15, -0.1) is 0 Å². The number of hydrogen-bond donors (Lipinski definition) is 0. The van der Waals surface area contributed by atoms with Crippen LogP contribution < -0.4 is 4.90 Å². The van der Waals surface area contributed by atoms with Crippen LogP contribution in [0.1, 0.15) is 20.8 Å². The number of anilines is 1. The zero-order valence-electron chi connectivity index (χ0n) is 9.85. The van der Waals surface area contributed by atoms with E-state index in [1.165, 1.54) is 12.2 Å². The van der Waals surface area contributed by atoms with Gasteiger partial charge < -0.3 is 4.90 Å². The van der Waals surface area contributed by atoms with Crippen molar-refractivity contribution in [3.8, 4) is 0 Å². The quantitative estimate of drug-likeness (QED) is 0.730. The zero-order valence-corrected chi connectivity index (χ0v) is 9.85. The van der Waals surface area contributed by atoms with E-state index in [0.29, 0.717) is 12.2 Å². The van der Waals surface area contributed by atoms with Gasteiger partial charge in [0.05, 0.1) is 6.17 Å². The number of benzene rings is 1. The number of rotatable bonds is 2. The van der Waals surface area contributed by atoms with E-state index in [0.717, 1.165) is 6.54 Å². The maximum absolute atomic E-state index is 2.53. The van der Waals surface area contributed by atoms with Crippen molar-refractivity contribution in [2.75, 3.05) is 18.0 Å². The lowest BCUT2D eigenvalue weighted by molar-refractivity contribution is 0.217. The monoisotopic (exact) mass is 204 g/mol. The first-order valence-electron chi connectivity index (χ1n) is 5.77. The molecule has 1 heterocycles. The molecule has 1 aromatic rings. The average molecular weight is 204 g/mol. The first-order valence-corrected chi connectivity index (χ1v) is 5.77. The van der Waals surface area contributed by atoms with E-state index < -0.39 is 0 Å². The van der Waals surface area contributed by atoms with Crippen LogP contribution in [0.15, 0.2) is 30.3 Å². The Balaban J connectivity index is 2.14. The van der Waals surface area contributed by atoms with E-state index in [1.807, 2.05) is 0 Å². The van der Waals surface area contributed by atoms with Gasteiger partial charge in [0, 0.05) is 24.8 Å². The molecule has 1 atom stereocenters. The highest BCUT2D eigenvalue weighted by Gasteiger charge is 2.29. The van der Waals surface area contributed by atoms with Gasteiger partial charge in [0.1, 0.15) is 0 Å². The highest BCUT2D eigenvalue weighted by molar-refractivity contribution is 5.47. The molecule has 0 aromatic heterocycles. The summed E-state index contributed by atoms with van der Waals surface area (Å²) < 4.78 is 0. The Hall–Kier alpha value is -1.02. The summed E-state index contributed by atoms with van der Waals surface area (Å²) in [5, 5.41) is 0. The summed E-state index contributed by atoms with van der Waals surface area (Å²) in [5.74, 6) is 0. The number of para-hydroxylation sites is 1. The van der Waals surface area contributed by atoms with Gasteiger partial charge >= 0.3 is 0 Å². The van der Waals surface area contributed by atoms with E-state index in [2.05, 4.69) is 60.9 Å². The largest absolute Gasteiger partial charge is 0.355 e. The molecule has 0 spiro atoms. The Morgan fingerprint density at radius 3 is 2.33 bits per heavy atom. The average Bonchev–Trinajstić information content (AvgIpc) is 2.61. The second kappa shape index (κ2) is 4.23. The highest BCUT2D eigenvalue weighted by atomic mass is 15.4. The second-order valence-corrected chi connectivity index (χ2v) is 4.49. The summed E-state index contributed by atoms with van der Waals surface area (Å²) in [6.45, 7) is 9.15. The van der Waals surface area contributed by atoms with Crippen LogP contribution in [0.4, 0.5) is 5.69 Å². The SMILES string of the molecule is CC(C)N1CCN(c2ccccc2)C1C. The second-order valence-electron chi connectivity index (χ2n) is 4.49. The fourth-order valence-electron chi connectivity index (χ4n) is 2.43. The Kier molecular flexibility index (Phi) is 2.96. The van der Waals surface area contributed by atoms with Gasteiger partial charge in [0.25, 0.3) is 0 Å². The lowest BCUT2D eigenvalue weighted by Gasteiger charge is -2.30. The summed E-state index contributed by atoms with van der Waals surface area (Å²) in [5.41, 5.74) is 1.34. The minimum Gasteiger partial charge on any atom is -0.355 e. The summed E-state index contributed by atoms with van der Waals surface area (Å²) in [4.78, 5) is 5.01. The van der Waals surface area contributed by atoms with E-state index in [-0.39, 0.29) is 0 Å². The lowest BCUT2D eigenvalue weighted by atomic mass is 10.2. The molecular weight excluding hydrogens is 184 g/mol. The number of hydrogen-bond acceptors (Lipinski definition) is 2. The molecule has 82 valence electrons. The normalized spacial score (nSPS) is 22.7. The topological polar surface area (TPSA) is 6.48 Å². The predicted molar refractivity (Wildman–Crippen MR) is 65.1 cm³/mol. The molecule has 1 unspecified atom stereocenters. The maximum Gasteiger partial charge on any atom is 0.0795 e. The molecule has 0 radical (unpaired) electrons. The standard InChI is InChI=1S/C13H20N2/c1-11(2)14-9-10-15(12(14)3)13-7-5-4-6-8-13/h4-8,11-12H,9-10H2,1-3H3. The van der Waals surface area contributed by atoms with Crippen LogP contribution in [0.25, 0.3) is 0 Å². The van der Waals surface area contributed by atoms with Crippen molar-refractivity contribution in [2.45, 2.75) is 33.0 Å². The fourth-order valence-corrected chi connectivity index (χ4v) is 2.43. The molecule has 0 saturated carbocycles. The maximum atomic E-state index is 2.53. The molecule has 2 rings (SSSR count). The third-order valence-electron chi connectivity index (χ3n) is 3.28. The van der Waals surface area contributed by atoms with Crippen molar-refractivity contribution in [3.05, 3.63) is 30.3 Å². The van der Waals surface area contributed by atoms with Gasteiger partial charge in [-0.2, -0.15) is 0 Å². The van der Waals surface area contributed by atoms with Crippen LogP contribution >= 0.6 is 0 Å².